The summed E-state index contributed by atoms with van der Waals surface area (Å²) in [5.74, 6) is 0.479. The van der Waals surface area contributed by atoms with E-state index in [2.05, 4.69) is 5.32 Å². The third-order valence-electron chi connectivity index (χ3n) is 3.65. The molecule has 1 aliphatic carbocycles. The molecule has 17 heavy (non-hydrogen) atoms. The first-order valence-corrected chi connectivity index (χ1v) is 6.83. The lowest BCUT2D eigenvalue weighted by atomic mass is 9.83. The van der Waals surface area contributed by atoms with Gasteiger partial charge in [-0.05, 0) is 30.5 Å². The van der Waals surface area contributed by atoms with Gasteiger partial charge in [0.2, 0.25) is 0 Å². The van der Waals surface area contributed by atoms with Crippen LogP contribution in [0.3, 0.4) is 0 Å². The molecule has 0 aliphatic heterocycles. The summed E-state index contributed by atoms with van der Waals surface area (Å²) in [7, 11) is 0. The van der Waals surface area contributed by atoms with Crippen LogP contribution in [-0.2, 0) is 6.54 Å². The standard InChI is InChI=1S/C14H19ClFN/c15-11-14(8-2-1-3-9-14)17-10-12-4-6-13(16)7-5-12/h4-7,17H,1-3,8-11H2. The third kappa shape index (κ3) is 3.43. The average Bonchev–Trinajstić information content (AvgIpc) is 2.39. The van der Waals surface area contributed by atoms with Crippen LogP contribution in [0.4, 0.5) is 4.39 Å². The van der Waals surface area contributed by atoms with Crippen LogP contribution in [0.25, 0.3) is 0 Å². The van der Waals surface area contributed by atoms with Gasteiger partial charge in [0, 0.05) is 18.0 Å². The minimum Gasteiger partial charge on any atom is -0.306 e. The number of halogens is 2. The SMILES string of the molecule is Fc1ccc(CNC2(CCl)CCCCC2)cc1. The molecule has 0 radical (unpaired) electrons. The molecule has 1 saturated carbocycles. The van der Waals surface area contributed by atoms with E-state index in [0.717, 1.165) is 24.9 Å². The fourth-order valence-electron chi connectivity index (χ4n) is 2.48. The van der Waals surface area contributed by atoms with Crippen molar-refractivity contribution in [3.8, 4) is 0 Å². The summed E-state index contributed by atoms with van der Waals surface area (Å²) in [6, 6.07) is 6.66. The Bertz CT molecular complexity index is 344. The van der Waals surface area contributed by atoms with E-state index < -0.39 is 0 Å². The molecule has 1 aliphatic rings. The van der Waals surface area contributed by atoms with E-state index in [-0.39, 0.29) is 11.4 Å². The summed E-state index contributed by atoms with van der Waals surface area (Å²) < 4.78 is 12.8. The van der Waals surface area contributed by atoms with Crippen molar-refractivity contribution in [3.05, 3.63) is 35.6 Å². The van der Waals surface area contributed by atoms with Gasteiger partial charge >= 0.3 is 0 Å². The van der Waals surface area contributed by atoms with Crippen molar-refractivity contribution in [1.29, 1.82) is 0 Å². The highest BCUT2D eigenvalue weighted by molar-refractivity contribution is 6.18. The zero-order valence-corrected chi connectivity index (χ0v) is 10.8. The molecule has 1 N–H and O–H groups in total. The first-order valence-electron chi connectivity index (χ1n) is 6.30. The molecular formula is C14H19ClFN. The van der Waals surface area contributed by atoms with Crippen LogP contribution in [0.15, 0.2) is 24.3 Å². The summed E-state index contributed by atoms with van der Waals surface area (Å²) in [4.78, 5) is 0. The van der Waals surface area contributed by atoms with Gasteiger partial charge < -0.3 is 5.32 Å². The van der Waals surface area contributed by atoms with Crippen LogP contribution in [0, 0.1) is 5.82 Å². The fourth-order valence-corrected chi connectivity index (χ4v) is 2.84. The number of rotatable bonds is 4. The fraction of sp³-hybridized carbons (Fsp3) is 0.571. The number of alkyl halides is 1. The minimum atomic E-state index is -0.182. The van der Waals surface area contributed by atoms with E-state index in [9.17, 15) is 4.39 Å². The van der Waals surface area contributed by atoms with Crippen LogP contribution >= 0.6 is 11.6 Å². The molecule has 1 fully saturated rings. The zero-order chi connectivity index (χ0) is 12.1. The van der Waals surface area contributed by atoms with Crippen molar-refractivity contribution in [3.63, 3.8) is 0 Å². The van der Waals surface area contributed by atoms with Gasteiger partial charge in [0.25, 0.3) is 0 Å². The highest BCUT2D eigenvalue weighted by atomic mass is 35.5. The molecule has 1 aromatic carbocycles. The van der Waals surface area contributed by atoms with Crippen molar-refractivity contribution in [2.24, 2.45) is 0 Å². The second-order valence-electron chi connectivity index (χ2n) is 4.95. The molecule has 1 aromatic rings. The number of hydrogen-bond acceptors (Lipinski definition) is 1. The Labute approximate surface area is 107 Å². The lowest BCUT2D eigenvalue weighted by Gasteiger charge is -2.36. The van der Waals surface area contributed by atoms with E-state index >= 15 is 0 Å². The van der Waals surface area contributed by atoms with E-state index in [1.807, 2.05) is 12.1 Å². The Hall–Kier alpha value is -0.600. The Morgan fingerprint density at radius 3 is 2.35 bits per heavy atom. The maximum Gasteiger partial charge on any atom is 0.123 e. The van der Waals surface area contributed by atoms with Crippen molar-refractivity contribution in [1.82, 2.24) is 5.32 Å². The third-order valence-corrected chi connectivity index (χ3v) is 4.16. The van der Waals surface area contributed by atoms with E-state index in [0.29, 0.717) is 5.88 Å². The Kier molecular flexibility index (Phi) is 4.41. The van der Waals surface area contributed by atoms with Crippen molar-refractivity contribution in [2.45, 2.75) is 44.2 Å². The smallest absolute Gasteiger partial charge is 0.123 e. The van der Waals surface area contributed by atoms with Crippen LogP contribution in [0.2, 0.25) is 0 Å². The van der Waals surface area contributed by atoms with Gasteiger partial charge in [-0.2, -0.15) is 0 Å². The van der Waals surface area contributed by atoms with Crippen molar-refractivity contribution in [2.75, 3.05) is 5.88 Å². The topological polar surface area (TPSA) is 12.0 Å². The van der Waals surface area contributed by atoms with E-state index in [1.54, 1.807) is 0 Å². The van der Waals surface area contributed by atoms with Crippen LogP contribution in [0.5, 0.6) is 0 Å². The lowest BCUT2D eigenvalue weighted by Crippen LogP contribution is -2.48. The van der Waals surface area contributed by atoms with Gasteiger partial charge in [-0.3, -0.25) is 0 Å². The largest absolute Gasteiger partial charge is 0.306 e. The predicted molar refractivity (Wildman–Crippen MR) is 69.8 cm³/mol. The first kappa shape index (κ1) is 12.8. The molecule has 2 rings (SSSR count). The molecule has 0 saturated heterocycles. The lowest BCUT2D eigenvalue weighted by molar-refractivity contribution is 0.256. The summed E-state index contributed by atoms with van der Waals surface area (Å²) in [5.41, 5.74) is 1.20. The van der Waals surface area contributed by atoms with Crippen LogP contribution in [-0.4, -0.2) is 11.4 Å². The first-order chi connectivity index (χ1) is 8.24. The highest BCUT2D eigenvalue weighted by Gasteiger charge is 2.30. The average molecular weight is 256 g/mol. The normalized spacial score (nSPS) is 19.2. The second-order valence-corrected chi connectivity index (χ2v) is 5.22. The number of benzene rings is 1. The monoisotopic (exact) mass is 255 g/mol. The molecule has 0 heterocycles. The Morgan fingerprint density at radius 2 is 1.76 bits per heavy atom. The Morgan fingerprint density at radius 1 is 1.12 bits per heavy atom. The van der Waals surface area contributed by atoms with E-state index in [4.69, 9.17) is 11.6 Å². The van der Waals surface area contributed by atoms with Gasteiger partial charge in [-0.1, -0.05) is 31.4 Å². The van der Waals surface area contributed by atoms with Gasteiger partial charge in [0.1, 0.15) is 5.82 Å². The summed E-state index contributed by atoms with van der Waals surface area (Å²) >= 11 is 6.11. The van der Waals surface area contributed by atoms with Gasteiger partial charge in [-0.25, -0.2) is 4.39 Å². The molecule has 0 spiro atoms. The van der Waals surface area contributed by atoms with Gasteiger partial charge in [-0.15, -0.1) is 11.6 Å². The van der Waals surface area contributed by atoms with Crippen molar-refractivity contribution >= 4 is 11.6 Å². The van der Waals surface area contributed by atoms with Crippen LogP contribution < -0.4 is 5.32 Å². The van der Waals surface area contributed by atoms with Crippen molar-refractivity contribution < 1.29 is 4.39 Å². The quantitative estimate of drug-likeness (QED) is 0.806. The predicted octanol–water partition coefficient (Wildman–Crippen LogP) is 3.86. The second kappa shape index (κ2) is 5.83. The number of hydrogen-bond donors (Lipinski definition) is 1. The summed E-state index contributed by atoms with van der Waals surface area (Å²) in [5, 5.41) is 3.57. The molecule has 94 valence electrons. The molecule has 1 nitrogen and oxygen atoms in total. The molecule has 3 heteroatoms. The van der Waals surface area contributed by atoms with Crippen LogP contribution in [0.1, 0.15) is 37.7 Å². The maximum atomic E-state index is 12.8. The zero-order valence-electron chi connectivity index (χ0n) is 10.0. The summed E-state index contributed by atoms with van der Waals surface area (Å²) in [6.07, 6.45) is 6.12. The molecule has 0 bridgehead atoms. The number of nitrogens with one attached hydrogen (secondary N) is 1. The molecule has 0 aromatic heterocycles. The maximum absolute atomic E-state index is 12.8. The summed E-state index contributed by atoms with van der Waals surface area (Å²) in [6.45, 7) is 0.771. The van der Waals surface area contributed by atoms with Gasteiger partial charge in [0.05, 0.1) is 0 Å². The van der Waals surface area contributed by atoms with E-state index in [1.165, 1.54) is 31.4 Å². The minimum absolute atomic E-state index is 0.0915. The molecular weight excluding hydrogens is 237 g/mol. The molecule has 0 amide bonds. The van der Waals surface area contributed by atoms with Gasteiger partial charge in [0.15, 0.2) is 0 Å². The molecule has 0 atom stereocenters. The Balaban J connectivity index is 1.93. The molecule has 0 unspecified atom stereocenters. The highest BCUT2D eigenvalue weighted by Crippen LogP contribution is 2.29.